The fourth-order valence-corrected chi connectivity index (χ4v) is 3.76. The highest BCUT2D eigenvalue weighted by atomic mass is 16.3. The Morgan fingerprint density at radius 3 is 2.64 bits per heavy atom. The third-order valence-corrected chi connectivity index (χ3v) is 5.03. The highest BCUT2D eigenvalue weighted by molar-refractivity contribution is 5.98. The molecule has 2 N–H and O–H groups in total. The highest BCUT2D eigenvalue weighted by Crippen LogP contribution is 2.44. The number of aryl methyl sites for hydroxylation is 2. The van der Waals surface area contributed by atoms with Gasteiger partial charge in [-0.1, -0.05) is 32.0 Å². The molecule has 0 saturated heterocycles. The number of rotatable bonds is 1. The molecule has 0 atom stereocenters. The summed E-state index contributed by atoms with van der Waals surface area (Å²) in [5.74, 6) is 0.975. The van der Waals surface area contributed by atoms with Crippen molar-refractivity contribution in [3.05, 3.63) is 52.1 Å². The van der Waals surface area contributed by atoms with Gasteiger partial charge in [0.2, 0.25) is 0 Å². The van der Waals surface area contributed by atoms with Gasteiger partial charge in [0.05, 0.1) is 5.69 Å². The second kappa shape index (κ2) is 4.39. The molecule has 0 unspecified atom stereocenters. The SMILES string of the molecule is Cc1cc2[nH]c3c(c2c(C)c1O)Cc1cc(C(C)C)ccc1-3. The Kier molecular flexibility index (Phi) is 2.68. The predicted octanol–water partition coefficient (Wildman–Crippen LogP) is 5.18. The Bertz CT molecular complexity index is 915. The molecule has 1 heterocycles. The van der Waals surface area contributed by atoms with Crippen LogP contribution in [-0.2, 0) is 6.42 Å². The Balaban J connectivity index is 1.97. The molecular formula is C20H21NO. The molecule has 0 bridgehead atoms. The smallest absolute Gasteiger partial charge is 0.122 e. The molecule has 0 amide bonds. The first kappa shape index (κ1) is 13.4. The molecule has 2 nitrogen and oxygen atoms in total. The lowest BCUT2D eigenvalue weighted by atomic mass is 9.97. The van der Waals surface area contributed by atoms with Crippen LogP contribution in [0, 0.1) is 13.8 Å². The summed E-state index contributed by atoms with van der Waals surface area (Å²) >= 11 is 0. The van der Waals surface area contributed by atoms with Crippen LogP contribution in [0.25, 0.3) is 22.2 Å². The van der Waals surface area contributed by atoms with Crippen molar-refractivity contribution >= 4 is 10.9 Å². The van der Waals surface area contributed by atoms with Crippen LogP contribution < -0.4 is 0 Å². The molecule has 0 spiro atoms. The van der Waals surface area contributed by atoms with Crippen molar-refractivity contribution in [3.63, 3.8) is 0 Å². The third-order valence-electron chi connectivity index (χ3n) is 5.03. The summed E-state index contributed by atoms with van der Waals surface area (Å²) in [6.07, 6.45) is 0.953. The molecule has 2 aromatic carbocycles. The lowest BCUT2D eigenvalue weighted by molar-refractivity contribution is 0.468. The molecule has 112 valence electrons. The maximum atomic E-state index is 10.3. The van der Waals surface area contributed by atoms with E-state index in [1.54, 1.807) is 0 Å². The van der Waals surface area contributed by atoms with E-state index in [-0.39, 0.29) is 0 Å². The fourth-order valence-electron chi connectivity index (χ4n) is 3.76. The van der Waals surface area contributed by atoms with E-state index in [2.05, 4.69) is 43.1 Å². The number of aromatic amines is 1. The second-order valence-electron chi connectivity index (χ2n) is 6.82. The van der Waals surface area contributed by atoms with Gasteiger partial charge >= 0.3 is 0 Å². The summed E-state index contributed by atoms with van der Waals surface area (Å²) in [5.41, 5.74) is 9.72. The topological polar surface area (TPSA) is 36.0 Å². The van der Waals surface area contributed by atoms with Gasteiger partial charge in [0.1, 0.15) is 5.75 Å². The van der Waals surface area contributed by atoms with E-state index in [1.165, 1.54) is 33.3 Å². The Labute approximate surface area is 130 Å². The largest absolute Gasteiger partial charge is 0.507 e. The molecule has 4 rings (SSSR count). The first-order valence-corrected chi connectivity index (χ1v) is 7.94. The quantitative estimate of drug-likeness (QED) is 0.498. The Morgan fingerprint density at radius 2 is 1.91 bits per heavy atom. The van der Waals surface area contributed by atoms with Crippen LogP contribution in [0.1, 0.15) is 47.6 Å². The number of hydrogen-bond donors (Lipinski definition) is 2. The van der Waals surface area contributed by atoms with Crippen LogP contribution in [-0.4, -0.2) is 10.1 Å². The van der Waals surface area contributed by atoms with Gasteiger partial charge in [-0.2, -0.15) is 0 Å². The first-order valence-electron chi connectivity index (χ1n) is 7.94. The number of aromatic hydroxyl groups is 1. The predicted molar refractivity (Wildman–Crippen MR) is 91.8 cm³/mol. The molecule has 3 aromatic rings. The van der Waals surface area contributed by atoms with Crippen LogP contribution in [0.2, 0.25) is 0 Å². The highest BCUT2D eigenvalue weighted by Gasteiger charge is 2.25. The van der Waals surface area contributed by atoms with E-state index >= 15 is 0 Å². The van der Waals surface area contributed by atoms with Gasteiger partial charge in [0, 0.05) is 28.5 Å². The monoisotopic (exact) mass is 291 g/mol. The summed E-state index contributed by atoms with van der Waals surface area (Å²) in [6, 6.07) is 8.87. The number of phenolic OH excluding ortho intramolecular Hbond substituents is 1. The number of fused-ring (bicyclic) bond motifs is 5. The maximum absolute atomic E-state index is 10.3. The zero-order chi connectivity index (χ0) is 15.6. The van der Waals surface area contributed by atoms with Crippen LogP contribution >= 0.6 is 0 Å². The van der Waals surface area contributed by atoms with E-state index in [4.69, 9.17) is 0 Å². The number of nitrogens with one attached hydrogen (secondary N) is 1. The molecule has 1 aliphatic rings. The molecule has 0 aliphatic heterocycles. The summed E-state index contributed by atoms with van der Waals surface area (Å²) in [5, 5.41) is 11.5. The molecule has 0 radical (unpaired) electrons. The zero-order valence-corrected chi connectivity index (χ0v) is 13.5. The summed E-state index contributed by atoms with van der Waals surface area (Å²) in [7, 11) is 0. The van der Waals surface area contributed by atoms with Crippen LogP contribution in [0.15, 0.2) is 24.3 Å². The normalized spacial score (nSPS) is 13.0. The Hall–Kier alpha value is -2.22. The average molecular weight is 291 g/mol. The maximum Gasteiger partial charge on any atom is 0.122 e. The lowest BCUT2D eigenvalue weighted by Gasteiger charge is -2.09. The first-order chi connectivity index (χ1) is 10.5. The van der Waals surface area contributed by atoms with Crippen LogP contribution in [0.3, 0.4) is 0 Å². The van der Waals surface area contributed by atoms with E-state index in [0.29, 0.717) is 11.7 Å². The minimum Gasteiger partial charge on any atom is -0.507 e. The molecule has 0 saturated carbocycles. The van der Waals surface area contributed by atoms with Crippen molar-refractivity contribution in [2.45, 2.75) is 40.0 Å². The third kappa shape index (κ3) is 1.67. The van der Waals surface area contributed by atoms with E-state index in [1.807, 2.05) is 13.8 Å². The molecular weight excluding hydrogens is 270 g/mol. The minimum atomic E-state index is 0.424. The fraction of sp³-hybridized carbons (Fsp3) is 0.300. The van der Waals surface area contributed by atoms with Gasteiger partial charge in [-0.05, 0) is 48.1 Å². The number of phenols is 1. The Morgan fingerprint density at radius 1 is 1.14 bits per heavy atom. The van der Waals surface area contributed by atoms with Crippen molar-refractivity contribution in [1.29, 1.82) is 0 Å². The van der Waals surface area contributed by atoms with Crippen molar-refractivity contribution < 1.29 is 5.11 Å². The van der Waals surface area contributed by atoms with Crippen molar-refractivity contribution in [3.8, 4) is 17.0 Å². The molecule has 1 aromatic heterocycles. The average Bonchev–Trinajstić information content (AvgIpc) is 2.99. The number of benzene rings is 2. The van der Waals surface area contributed by atoms with E-state index in [9.17, 15) is 5.11 Å². The molecule has 2 heteroatoms. The van der Waals surface area contributed by atoms with Crippen molar-refractivity contribution in [2.24, 2.45) is 0 Å². The van der Waals surface area contributed by atoms with Crippen LogP contribution in [0.4, 0.5) is 0 Å². The summed E-state index contributed by atoms with van der Waals surface area (Å²) < 4.78 is 0. The van der Waals surface area contributed by atoms with Gasteiger partial charge < -0.3 is 10.1 Å². The number of hydrogen-bond acceptors (Lipinski definition) is 1. The lowest BCUT2D eigenvalue weighted by Crippen LogP contribution is -1.91. The standard InChI is InChI=1S/C20H21NO/c1-10(2)13-5-6-15-14(8-13)9-16-18-12(4)20(22)11(3)7-17(18)21-19(15)16/h5-8,10,21-22H,9H2,1-4H3. The summed E-state index contributed by atoms with van der Waals surface area (Å²) in [6.45, 7) is 8.44. The summed E-state index contributed by atoms with van der Waals surface area (Å²) in [4.78, 5) is 3.58. The molecule has 22 heavy (non-hydrogen) atoms. The number of aromatic nitrogens is 1. The van der Waals surface area contributed by atoms with Gasteiger partial charge in [0.15, 0.2) is 0 Å². The molecule has 1 aliphatic carbocycles. The van der Waals surface area contributed by atoms with Crippen molar-refractivity contribution in [1.82, 2.24) is 4.98 Å². The van der Waals surface area contributed by atoms with E-state index < -0.39 is 0 Å². The van der Waals surface area contributed by atoms with Gasteiger partial charge in [-0.3, -0.25) is 0 Å². The number of H-pyrrole nitrogens is 1. The molecule has 0 fully saturated rings. The van der Waals surface area contributed by atoms with E-state index in [0.717, 1.165) is 23.1 Å². The zero-order valence-electron chi connectivity index (χ0n) is 13.5. The van der Waals surface area contributed by atoms with Crippen molar-refractivity contribution in [2.75, 3.05) is 0 Å². The minimum absolute atomic E-state index is 0.424. The second-order valence-corrected chi connectivity index (χ2v) is 6.82. The van der Waals surface area contributed by atoms with Gasteiger partial charge in [-0.15, -0.1) is 0 Å². The van der Waals surface area contributed by atoms with Gasteiger partial charge in [-0.25, -0.2) is 0 Å². The van der Waals surface area contributed by atoms with Crippen LogP contribution in [0.5, 0.6) is 5.75 Å². The van der Waals surface area contributed by atoms with Gasteiger partial charge in [0.25, 0.3) is 0 Å².